The predicted molar refractivity (Wildman–Crippen MR) is 76.6 cm³/mol. The lowest BCUT2D eigenvalue weighted by Crippen LogP contribution is -2.24. The summed E-state index contributed by atoms with van der Waals surface area (Å²) >= 11 is 0. The number of anilines is 1. The minimum Gasteiger partial charge on any atom is -0.493 e. The number of rotatable bonds is 6. The first kappa shape index (κ1) is 13.9. The van der Waals surface area contributed by atoms with Gasteiger partial charge in [0.2, 0.25) is 5.91 Å². The second-order valence-electron chi connectivity index (χ2n) is 5.09. The average Bonchev–Trinajstić information content (AvgIpc) is 2.42. The summed E-state index contributed by atoms with van der Waals surface area (Å²) in [6, 6.07) is 5.88. The van der Waals surface area contributed by atoms with Crippen LogP contribution in [0.5, 0.6) is 5.75 Å². The van der Waals surface area contributed by atoms with Crippen molar-refractivity contribution in [2.45, 2.75) is 26.7 Å². The van der Waals surface area contributed by atoms with E-state index in [4.69, 9.17) is 4.74 Å². The van der Waals surface area contributed by atoms with Crippen molar-refractivity contribution in [3.8, 4) is 5.75 Å². The Labute approximate surface area is 114 Å². The van der Waals surface area contributed by atoms with Gasteiger partial charge in [0.05, 0.1) is 6.61 Å². The second kappa shape index (κ2) is 6.57. The molecule has 0 bridgehead atoms. The van der Waals surface area contributed by atoms with Crippen molar-refractivity contribution in [3.05, 3.63) is 23.8 Å². The van der Waals surface area contributed by atoms with E-state index in [0.717, 1.165) is 36.5 Å². The zero-order chi connectivity index (χ0) is 13.7. The van der Waals surface area contributed by atoms with Crippen LogP contribution in [0.1, 0.15) is 25.8 Å². The molecule has 2 N–H and O–H groups in total. The monoisotopic (exact) mass is 262 g/mol. The predicted octanol–water partition coefficient (Wildman–Crippen LogP) is 2.20. The van der Waals surface area contributed by atoms with Gasteiger partial charge >= 0.3 is 0 Å². The number of carbonyl (C=O) groups excluding carboxylic acids is 1. The standard InChI is InChI=1S/C15H22N2O2/c1-3-16-9-11(2)10-19-13-5-6-14-12(8-13)4-7-15(18)17-14/h5-6,8,11,16H,3-4,7,9-10H2,1-2H3,(H,17,18). The molecule has 1 aliphatic rings. The molecule has 1 aromatic rings. The largest absolute Gasteiger partial charge is 0.493 e. The van der Waals surface area contributed by atoms with Crippen LogP contribution in [0.15, 0.2) is 18.2 Å². The Morgan fingerprint density at radius 3 is 3.05 bits per heavy atom. The Kier molecular flexibility index (Phi) is 4.80. The highest BCUT2D eigenvalue weighted by atomic mass is 16.5. The van der Waals surface area contributed by atoms with Gasteiger partial charge in [-0.2, -0.15) is 0 Å². The molecular weight excluding hydrogens is 240 g/mol. The van der Waals surface area contributed by atoms with Gasteiger partial charge in [-0.15, -0.1) is 0 Å². The molecule has 0 spiro atoms. The molecule has 0 saturated heterocycles. The Balaban J connectivity index is 1.90. The molecule has 0 radical (unpaired) electrons. The van der Waals surface area contributed by atoms with Crippen LogP contribution in [0.3, 0.4) is 0 Å². The van der Waals surface area contributed by atoms with E-state index in [-0.39, 0.29) is 5.91 Å². The molecule has 19 heavy (non-hydrogen) atoms. The Morgan fingerprint density at radius 2 is 2.26 bits per heavy atom. The third-order valence-electron chi connectivity index (χ3n) is 3.25. The van der Waals surface area contributed by atoms with Crippen molar-refractivity contribution in [2.75, 3.05) is 25.0 Å². The van der Waals surface area contributed by atoms with Gasteiger partial charge in [0.1, 0.15) is 5.75 Å². The first-order valence-electron chi connectivity index (χ1n) is 6.95. The molecule has 0 aliphatic carbocycles. The van der Waals surface area contributed by atoms with Crippen LogP contribution in [0, 0.1) is 5.92 Å². The molecule has 104 valence electrons. The molecule has 4 heteroatoms. The number of benzene rings is 1. The number of hydrogen-bond donors (Lipinski definition) is 2. The van der Waals surface area contributed by atoms with Gasteiger partial charge in [-0.05, 0) is 36.7 Å². The number of aryl methyl sites for hydroxylation is 1. The fraction of sp³-hybridized carbons (Fsp3) is 0.533. The number of amides is 1. The highest BCUT2D eigenvalue weighted by Gasteiger charge is 2.15. The maximum Gasteiger partial charge on any atom is 0.224 e. The molecule has 1 aliphatic heterocycles. The first-order valence-corrected chi connectivity index (χ1v) is 6.95. The number of ether oxygens (including phenoxy) is 1. The normalized spacial score (nSPS) is 15.6. The summed E-state index contributed by atoms with van der Waals surface area (Å²) in [5.74, 6) is 1.47. The smallest absolute Gasteiger partial charge is 0.224 e. The van der Waals surface area contributed by atoms with E-state index in [1.54, 1.807) is 0 Å². The van der Waals surface area contributed by atoms with Gasteiger partial charge in [-0.25, -0.2) is 0 Å². The highest BCUT2D eigenvalue weighted by Crippen LogP contribution is 2.26. The summed E-state index contributed by atoms with van der Waals surface area (Å²) in [7, 11) is 0. The molecule has 1 heterocycles. The first-order chi connectivity index (χ1) is 9.19. The van der Waals surface area contributed by atoms with E-state index < -0.39 is 0 Å². The maximum atomic E-state index is 11.3. The SMILES string of the molecule is CCNCC(C)COc1ccc2c(c1)CCC(=O)N2. The zero-order valence-corrected chi connectivity index (χ0v) is 11.7. The molecule has 4 nitrogen and oxygen atoms in total. The van der Waals surface area contributed by atoms with Crippen molar-refractivity contribution in [1.29, 1.82) is 0 Å². The Morgan fingerprint density at radius 1 is 1.42 bits per heavy atom. The molecule has 2 rings (SSSR count). The van der Waals surface area contributed by atoms with Gasteiger partial charge in [-0.1, -0.05) is 13.8 Å². The van der Waals surface area contributed by atoms with Crippen LogP contribution >= 0.6 is 0 Å². The minimum atomic E-state index is 0.0976. The van der Waals surface area contributed by atoms with E-state index in [1.165, 1.54) is 0 Å². The van der Waals surface area contributed by atoms with Crippen LogP contribution in [0.25, 0.3) is 0 Å². The fourth-order valence-electron chi connectivity index (χ4n) is 2.14. The van der Waals surface area contributed by atoms with E-state index >= 15 is 0 Å². The topological polar surface area (TPSA) is 50.4 Å². The van der Waals surface area contributed by atoms with Crippen LogP contribution in [-0.2, 0) is 11.2 Å². The van der Waals surface area contributed by atoms with Gasteiger partial charge in [0.15, 0.2) is 0 Å². The maximum absolute atomic E-state index is 11.3. The third kappa shape index (κ3) is 3.96. The third-order valence-corrected chi connectivity index (χ3v) is 3.25. The van der Waals surface area contributed by atoms with Crippen molar-refractivity contribution >= 4 is 11.6 Å². The van der Waals surface area contributed by atoms with Gasteiger partial charge in [0, 0.05) is 24.6 Å². The Hall–Kier alpha value is -1.55. The average molecular weight is 262 g/mol. The van der Waals surface area contributed by atoms with Crippen LogP contribution < -0.4 is 15.4 Å². The number of nitrogens with one attached hydrogen (secondary N) is 2. The molecular formula is C15H22N2O2. The lowest BCUT2D eigenvalue weighted by atomic mass is 10.0. The molecule has 0 fully saturated rings. The fourth-order valence-corrected chi connectivity index (χ4v) is 2.14. The molecule has 1 atom stereocenters. The van der Waals surface area contributed by atoms with E-state index in [0.29, 0.717) is 18.9 Å². The van der Waals surface area contributed by atoms with E-state index in [1.807, 2.05) is 18.2 Å². The van der Waals surface area contributed by atoms with Crippen LogP contribution in [-0.4, -0.2) is 25.6 Å². The van der Waals surface area contributed by atoms with E-state index in [2.05, 4.69) is 24.5 Å². The molecule has 1 amide bonds. The summed E-state index contributed by atoms with van der Waals surface area (Å²) in [5.41, 5.74) is 2.08. The summed E-state index contributed by atoms with van der Waals surface area (Å²) in [6.45, 7) is 6.94. The Bertz CT molecular complexity index is 446. The van der Waals surface area contributed by atoms with Gasteiger partial charge in [0.25, 0.3) is 0 Å². The lowest BCUT2D eigenvalue weighted by Gasteiger charge is -2.18. The minimum absolute atomic E-state index is 0.0976. The quantitative estimate of drug-likeness (QED) is 0.826. The van der Waals surface area contributed by atoms with Crippen LogP contribution in [0.2, 0.25) is 0 Å². The van der Waals surface area contributed by atoms with Crippen molar-refractivity contribution in [3.63, 3.8) is 0 Å². The zero-order valence-electron chi connectivity index (χ0n) is 11.7. The van der Waals surface area contributed by atoms with Gasteiger partial charge in [-0.3, -0.25) is 4.79 Å². The number of carbonyl (C=O) groups is 1. The van der Waals surface area contributed by atoms with Crippen LogP contribution in [0.4, 0.5) is 5.69 Å². The molecule has 0 aromatic heterocycles. The summed E-state index contributed by atoms with van der Waals surface area (Å²) in [5, 5.41) is 6.19. The summed E-state index contributed by atoms with van der Waals surface area (Å²) < 4.78 is 5.81. The van der Waals surface area contributed by atoms with Crippen molar-refractivity contribution in [2.24, 2.45) is 5.92 Å². The molecule has 1 aromatic carbocycles. The lowest BCUT2D eigenvalue weighted by molar-refractivity contribution is -0.116. The van der Waals surface area contributed by atoms with Crippen molar-refractivity contribution < 1.29 is 9.53 Å². The number of fused-ring (bicyclic) bond motifs is 1. The van der Waals surface area contributed by atoms with E-state index in [9.17, 15) is 4.79 Å². The van der Waals surface area contributed by atoms with Gasteiger partial charge < -0.3 is 15.4 Å². The summed E-state index contributed by atoms with van der Waals surface area (Å²) in [6.07, 6.45) is 1.36. The second-order valence-corrected chi connectivity index (χ2v) is 5.09. The molecule has 0 saturated carbocycles. The molecule has 1 unspecified atom stereocenters. The highest BCUT2D eigenvalue weighted by molar-refractivity contribution is 5.93. The number of hydrogen-bond acceptors (Lipinski definition) is 3. The summed E-state index contributed by atoms with van der Waals surface area (Å²) in [4.78, 5) is 11.3. The van der Waals surface area contributed by atoms with Crippen molar-refractivity contribution in [1.82, 2.24) is 5.32 Å².